The second-order valence-electron chi connectivity index (χ2n) is 13.3. The van der Waals surface area contributed by atoms with Gasteiger partial charge in [0.1, 0.15) is 0 Å². The van der Waals surface area contributed by atoms with Gasteiger partial charge in [0, 0.05) is 36.6 Å². The van der Waals surface area contributed by atoms with Gasteiger partial charge in [0.25, 0.3) is 0 Å². The van der Waals surface area contributed by atoms with E-state index in [0.717, 1.165) is 0 Å². The molecule has 1 nitrogen and oxygen atoms in total. The molecule has 0 radical (unpaired) electrons. The Morgan fingerprint density at radius 1 is 0.320 bits per heavy atom. The summed E-state index contributed by atoms with van der Waals surface area (Å²) in [4.78, 5) is 0. The molecule has 0 amide bonds. The van der Waals surface area contributed by atoms with Gasteiger partial charge in [0.05, 0.1) is 11.0 Å². The van der Waals surface area contributed by atoms with E-state index in [1.807, 2.05) is 11.3 Å². The Kier molecular flexibility index (Phi) is 5.89. The lowest BCUT2D eigenvalue weighted by Crippen LogP contribution is -1.94. The third-order valence-corrected chi connectivity index (χ3v) is 11.8. The number of hydrogen-bond acceptors (Lipinski definition) is 1. The Morgan fingerprint density at radius 2 is 0.900 bits per heavy atom. The van der Waals surface area contributed by atoms with Crippen molar-refractivity contribution in [2.45, 2.75) is 0 Å². The first-order valence-electron chi connectivity index (χ1n) is 17.2. The number of hydrogen-bond donors (Lipinski definition) is 0. The summed E-state index contributed by atoms with van der Waals surface area (Å²) in [5.74, 6) is 0. The van der Waals surface area contributed by atoms with Gasteiger partial charge in [-0.3, -0.25) is 0 Å². The van der Waals surface area contributed by atoms with Crippen molar-refractivity contribution >= 4 is 85.6 Å². The highest BCUT2D eigenvalue weighted by atomic mass is 32.1. The SMILES string of the molecule is c1cc(-c2ccc3c(c2)c2ccccc2n3-c2ccc3c4ccccc4c4ccccc4c3c2)cc(-c2cccc3c2sc2ccccc23)c1. The molecular formula is C48H29NS. The molecule has 232 valence electrons. The van der Waals surface area contributed by atoms with Crippen molar-refractivity contribution in [1.82, 2.24) is 4.57 Å². The van der Waals surface area contributed by atoms with Crippen LogP contribution in [0.15, 0.2) is 176 Å². The summed E-state index contributed by atoms with van der Waals surface area (Å²) in [7, 11) is 0. The molecule has 11 rings (SSSR count). The predicted molar refractivity (Wildman–Crippen MR) is 217 cm³/mol. The van der Waals surface area contributed by atoms with Gasteiger partial charge in [-0.2, -0.15) is 0 Å². The second kappa shape index (κ2) is 10.6. The number of nitrogens with zero attached hydrogens (tertiary/aromatic N) is 1. The fraction of sp³-hybridized carbons (Fsp3) is 0. The van der Waals surface area contributed by atoms with Crippen LogP contribution in [0.2, 0.25) is 0 Å². The summed E-state index contributed by atoms with van der Waals surface area (Å²) in [6, 6.07) is 64.9. The highest BCUT2D eigenvalue weighted by molar-refractivity contribution is 7.26. The minimum absolute atomic E-state index is 1.18. The van der Waals surface area contributed by atoms with E-state index in [4.69, 9.17) is 0 Å². The van der Waals surface area contributed by atoms with Crippen LogP contribution in [0.4, 0.5) is 0 Å². The third kappa shape index (κ3) is 4.00. The molecular weight excluding hydrogens is 623 g/mol. The van der Waals surface area contributed by atoms with Crippen molar-refractivity contribution in [2.75, 3.05) is 0 Å². The molecule has 0 atom stereocenters. The molecule has 0 aliphatic carbocycles. The van der Waals surface area contributed by atoms with E-state index >= 15 is 0 Å². The topological polar surface area (TPSA) is 4.93 Å². The molecule has 0 bridgehead atoms. The molecule has 2 heteroatoms. The number of aromatic nitrogens is 1. The molecule has 0 aliphatic heterocycles. The molecule has 0 unspecified atom stereocenters. The molecule has 11 aromatic rings. The quantitative estimate of drug-likeness (QED) is 0.168. The van der Waals surface area contributed by atoms with Crippen LogP contribution in [0.1, 0.15) is 0 Å². The van der Waals surface area contributed by atoms with Crippen LogP contribution in [0, 0.1) is 0 Å². The molecule has 0 saturated heterocycles. The maximum absolute atomic E-state index is 2.44. The minimum Gasteiger partial charge on any atom is -0.309 e. The van der Waals surface area contributed by atoms with Crippen LogP contribution in [0.3, 0.4) is 0 Å². The van der Waals surface area contributed by atoms with Crippen molar-refractivity contribution in [1.29, 1.82) is 0 Å². The van der Waals surface area contributed by atoms with Gasteiger partial charge in [-0.05, 0) is 97.0 Å². The number of thiophene rings is 1. The Labute approximate surface area is 292 Å². The zero-order valence-electron chi connectivity index (χ0n) is 27.1. The standard InChI is InChI=1S/C48H29NS/c1-2-15-37-35(13-1)36-14-3-4-16-38(36)43-29-33(24-25-39(37)43)49-45-21-7-5-17-40(45)44-28-31(23-26-46(44)49)30-11-9-12-32(27-30)34-19-10-20-42-41-18-6-8-22-47(41)50-48(34)42/h1-29H. The lowest BCUT2D eigenvalue weighted by Gasteiger charge is -2.14. The zero-order valence-corrected chi connectivity index (χ0v) is 27.9. The number of para-hydroxylation sites is 1. The van der Waals surface area contributed by atoms with E-state index in [2.05, 4.69) is 180 Å². The van der Waals surface area contributed by atoms with E-state index in [0.29, 0.717) is 0 Å². The first kappa shape index (κ1) is 27.7. The highest BCUT2D eigenvalue weighted by Crippen LogP contribution is 2.42. The Bertz CT molecular complexity index is 3120. The van der Waals surface area contributed by atoms with E-state index in [1.54, 1.807) is 0 Å². The Morgan fingerprint density at radius 3 is 1.70 bits per heavy atom. The summed E-state index contributed by atoms with van der Waals surface area (Å²) >= 11 is 1.89. The summed E-state index contributed by atoms with van der Waals surface area (Å²) in [5, 5.41) is 12.9. The van der Waals surface area contributed by atoms with Crippen LogP contribution in [0.25, 0.3) is 102 Å². The van der Waals surface area contributed by atoms with Gasteiger partial charge in [-0.1, -0.05) is 133 Å². The Balaban J connectivity index is 1.09. The van der Waals surface area contributed by atoms with Gasteiger partial charge in [0.15, 0.2) is 0 Å². The Hall–Kier alpha value is -6.22. The van der Waals surface area contributed by atoms with Gasteiger partial charge < -0.3 is 4.57 Å². The number of rotatable bonds is 3. The first-order chi connectivity index (χ1) is 24.8. The summed E-state index contributed by atoms with van der Waals surface area (Å²) in [5.41, 5.74) is 8.60. The summed E-state index contributed by atoms with van der Waals surface area (Å²) in [6.45, 7) is 0. The van der Waals surface area contributed by atoms with Crippen LogP contribution in [0.5, 0.6) is 0 Å². The number of benzene rings is 9. The fourth-order valence-corrected chi connectivity index (χ4v) is 9.54. The largest absolute Gasteiger partial charge is 0.309 e. The molecule has 0 N–H and O–H groups in total. The average molecular weight is 652 g/mol. The highest BCUT2D eigenvalue weighted by Gasteiger charge is 2.16. The summed E-state index contributed by atoms with van der Waals surface area (Å²) in [6.07, 6.45) is 0. The second-order valence-corrected chi connectivity index (χ2v) is 14.3. The first-order valence-corrected chi connectivity index (χ1v) is 18.0. The zero-order chi connectivity index (χ0) is 32.8. The monoisotopic (exact) mass is 651 g/mol. The van der Waals surface area contributed by atoms with Gasteiger partial charge in [-0.15, -0.1) is 11.3 Å². The van der Waals surface area contributed by atoms with Crippen molar-refractivity contribution < 1.29 is 0 Å². The molecule has 0 fully saturated rings. The predicted octanol–water partition coefficient (Wildman–Crippen LogP) is 13.9. The fourth-order valence-electron chi connectivity index (χ4n) is 8.31. The molecule has 2 aromatic heterocycles. The molecule has 9 aromatic carbocycles. The number of fused-ring (bicyclic) bond motifs is 12. The normalized spacial score (nSPS) is 12.0. The average Bonchev–Trinajstić information content (AvgIpc) is 3.73. The lowest BCUT2D eigenvalue weighted by atomic mass is 9.94. The van der Waals surface area contributed by atoms with Crippen LogP contribution in [-0.4, -0.2) is 4.57 Å². The molecule has 0 aliphatic rings. The summed E-state index contributed by atoms with van der Waals surface area (Å²) < 4.78 is 5.12. The van der Waals surface area contributed by atoms with Gasteiger partial charge >= 0.3 is 0 Å². The molecule has 0 saturated carbocycles. The van der Waals surface area contributed by atoms with Crippen molar-refractivity contribution in [3.05, 3.63) is 176 Å². The van der Waals surface area contributed by atoms with E-state index in [-0.39, 0.29) is 0 Å². The van der Waals surface area contributed by atoms with Crippen LogP contribution in [-0.2, 0) is 0 Å². The van der Waals surface area contributed by atoms with Crippen molar-refractivity contribution in [2.24, 2.45) is 0 Å². The molecule has 2 heterocycles. The molecule has 50 heavy (non-hydrogen) atoms. The van der Waals surface area contributed by atoms with Gasteiger partial charge in [-0.25, -0.2) is 0 Å². The van der Waals surface area contributed by atoms with Gasteiger partial charge in [0.2, 0.25) is 0 Å². The van der Waals surface area contributed by atoms with Crippen LogP contribution < -0.4 is 0 Å². The van der Waals surface area contributed by atoms with E-state index in [9.17, 15) is 0 Å². The smallest absolute Gasteiger partial charge is 0.0541 e. The van der Waals surface area contributed by atoms with Crippen molar-refractivity contribution in [3.8, 4) is 27.9 Å². The minimum atomic E-state index is 1.18. The van der Waals surface area contributed by atoms with Crippen molar-refractivity contribution in [3.63, 3.8) is 0 Å². The van der Waals surface area contributed by atoms with E-state index in [1.165, 1.54) is 102 Å². The lowest BCUT2D eigenvalue weighted by molar-refractivity contribution is 1.19. The molecule has 0 spiro atoms. The van der Waals surface area contributed by atoms with E-state index < -0.39 is 0 Å². The third-order valence-electron chi connectivity index (χ3n) is 10.6. The van der Waals surface area contributed by atoms with Crippen LogP contribution >= 0.6 is 11.3 Å². The maximum atomic E-state index is 2.44. The maximum Gasteiger partial charge on any atom is 0.0541 e.